The van der Waals surface area contributed by atoms with Crippen LogP contribution in [0.4, 0.5) is 37.7 Å². The van der Waals surface area contributed by atoms with Crippen molar-refractivity contribution in [2.24, 2.45) is 16.0 Å². The van der Waals surface area contributed by atoms with Gasteiger partial charge in [-0.1, -0.05) is 46.7 Å². The molecule has 2 aromatic heterocycles. The summed E-state index contributed by atoms with van der Waals surface area (Å²) in [5.74, 6) is -0.599. The molecule has 66 heavy (non-hydrogen) atoms. The molecule has 0 spiro atoms. The highest BCUT2D eigenvalue weighted by molar-refractivity contribution is 7.93. The Kier molecular flexibility index (Phi) is 11.8. The number of sulfonamides is 2. The predicted octanol–water partition coefficient (Wildman–Crippen LogP) is 7.78. The number of oxime groups is 2. The summed E-state index contributed by atoms with van der Waals surface area (Å²) in [5.41, 5.74) is 9.84. The number of anilines is 2. The molecule has 0 fully saturated rings. The second-order valence-corrected chi connectivity index (χ2v) is 18.6. The molecule has 5 heterocycles. The monoisotopic (exact) mass is 949 g/mol. The number of nitrogens with zero attached hydrogens (tertiary/aromatic N) is 6. The maximum atomic E-state index is 13.3. The Morgan fingerprint density at radius 3 is 1.42 bits per heavy atom. The van der Waals surface area contributed by atoms with E-state index in [1.807, 2.05) is 0 Å². The third-order valence-electron chi connectivity index (χ3n) is 10.8. The number of halogens is 6. The summed E-state index contributed by atoms with van der Waals surface area (Å²) < 4.78 is 132. The second-order valence-electron chi connectivity index (χ2n) is 14.9. The third kappa shape index (κ3) is 9.00. The van der Waals surface area contributed by atoms with Crippen LogP contribution in [0.15, 0.2) is 142 Å². The van der Waals surface area contributed by atoms with Gasteiger partial charge in [-0.05, 0) is 108 Å². The maximum Gasteiger partial charge on any atom is 0.433 e. The van der Waals surface area contributed by atoms with E-state index in [1.54, 1.807) is 48.5 Å². The molecule has 0 aliphatic carbocycles. The van der Waals surface area contributed by atoms with Gasteiger partial charge in [-0.15, -0.1) is 0 Å². The van der Waals surface area contributed by atoms with Gasteiger partial charge in [0.2, 0.25) is 0 Å². The zero-order valence-electron chi connectivity index (χ0n) is 33.8. The Balaban J connectivity index is 0.000000180. The van der Waals surface area contributed by atoms with Crippen LogP contribution >= 0.6 is 0 Å². The first-order valence-corrected chi connectivity index (χ1v) is 22.5. The van der Waals surface area contributed by atoms with Gasteiger partial charge in [0.25, 0.3) is 20.0 Å². The maximum absolute atomic E-state index is 13.3. The first-order chi connectivity index (χ1) is 31.2. The first-order valence-electron chi connectivity index (χ1n) is 19.6. The molecule has 4 aromatic carbocycles. The normalized spacial score (nSPS) is 15.2. The Bertz CT molecular complexity index is 3130. The van der Waals surface area contributed by atoms with E-state index in [-0.39, 0.29) is 35.1 Å². The number of alkyl halides is 6. The summed E-state index contributed by atoms with van der Waals surface area (Å²) in [5, 5.41) is 15.3. The van der Waals surface area contributed by atoms with Crippen molar-refractivity contribution < 1.29 is 58.0 Å². The lowest BCUT2D eigenvalue weighted by Crippen LogP contribution is -2.29. The molecule has 9 rings (SSSR count). The topological polar surface area (TPSA) is 198 Å². The molecule has 6 aromatic rings. The van der Waals surface area contributed by atoms with Crippen molar-refractivity contribution >= 4 is 48.9 Å². The lowest BCUT2D eigenvalue weighted by molar-refractivity contribution is -0.141. The van der Waals surface area contributed by atoms with Crippen LogP contribution < -0.4 is 14.3 Å². The summed E-state index contributed by atoms with van der Waals surface area (Å²) in [6.45, 7) is 0.470. The Hall–Kier alpha value is -7.33. The van der Waals surface area contributed by atoms with Gasteiger partial charge in [-0.3, -0.25) is 18.6 Å². The van der Waals surface area contributed by atoms with E-state index in [9.17, 15) is 48.0 Å². The van der Waals surface area contributed by atoms with Crippen molar-refractivity contribution in [3.05, 3.63) is 155 Å². The first kappa shape index (κ1) is 45.2. The predicted molar refractivity (Wildman–Crippen MR) is 228 cm³/mol. The minimum atomic E-state index is -4.51. The van der Waals surface area contributed by atoms with E-state index in [0.717, 1.165) is 35.7 Å². The van der Waals surface area contributed by atoms with Gasteiger partial charge in [0.15, 0.2) is 5.84 Å². The number of aromatic nitrogens is 2. The van der Waals surface area contributed by atoms with Gasteiger partial charge in [0.05, 0.1) is 33.3 Å². The van der Waals surface area contributed by atoms with Crippen molar-refractivity contribution in [2.45, 2.75) is 41.4 Å². The molecule has 340 valence electrons. The van der Waals surface area contributed by atoms with E-state index < -0.39 is 49.8 Å². The van der Waals surface area contributed by atoms with E-state index in [0.29, 0.717) is 63.3 Å². The number of fused-ring (bicyclic) bond motifs is 2. The standard InChI is InChI=1S/C23H16F3N3O4S.C21H17F3N4O3S/c24-23(25,26)21-8-4-17(13-27-21)15-3-7-20-16(11-15)9-10-29(20)34(31,32)18-5-1-14(2-6-18)19-12-22(30)33-28-19;22-21(23,24)19-8-4-16(12-26-19)14-3-7-18-15(11-14)9-10-28(18)32(30,31)17-5-1-13(2-6-17)20(25)27-29/h1-8,11,13H,9-10,12H2;1-8,11-12,29H,9-10H2,(H2,25,27). The average molecular weight is 950 g/mol. The highest BCUT2D eigenvalue weighted by Crippen LogP contribution is 2.38. The number of hydrogen-bond donors (Lipinski definition) is 2. The summed E-state index contributed by atoms with van der Waals surface area (Å²) in [6.07, 6.45) is -5.77. The van der Waals surface area contributed by atoms with Crippen molar-refractivity contribution in [1.29, 1.82) is 0 Å². The number of benzene rings is 4. The molecule has 0 atom stereocenters. The fourth-order valence-corrected chi connectivity index (χ4v) is 10.5. The zero-order chi connectivity index (χ0) is 47.2. The SMILES string of the molecule is NC(=NO)c1ccc(S(=O)(=O)N2CCc3cc(-c4ccc(C(F)(F)F)nc4)ccc32)cc1.O=C1CC(c2ccc(S(=O)(=O)N3CCc4cc(-c5ccc(C(F)(F)F)nc5)ccc43)cc2)=NO1. The number of carbonyl (C=O) groups excluding carboxylic acids is 1. The average Bonchev–Trinajstić information content (AvgIpc) is 4.07. The molecule has 22 heteroatoms. The zero-order valence-corrected chi connectivity index (χ0v) is 35.5. The van der Waals surface area contributed by atoms with Gasteiger partial charge in [-0.2, -0.15) is 26.3 Å². The largest absolute Gasteiger partial charge is 0.433 e. The molecule has 0 saturated carbocycles. The molecule has 3 aliphatic rings. The second kappa shape index (κ2) is 17.2. The molecule has 14 nitrogen and oxygen atoms in total. The van der Waals surface area contributed by atoms with Gasteiger partial charge in [-0.25, -0.2) is 21.6 Å². The Morgan fingerprint density at radius 1 is 0.621 bits per heavy atom. The number of carbonyl (C=O) groups is 1. The van der Waals surface area contributed by atoms with Gasteiger partial charge < -0.3 is 15.8 Å². The van der Waals surface area contributed by atoms with Crippen LogP contribution in [-0.2, 0) is 54.9 Å². The molecular formula is C44H33F6N7O7S2. The lowest BCUT2D eigenvalue weighted by atomic mass is 10.0. The van der Waals surface area contributed by atoms with Gasteiger partial charge in [0.1, 0.15) is 11.4 Å². The lowest BCUT2D eigenvalue weighted by Gasteiger charge is -2.20. The van der Waals surface area contributed by atoms with Crippen LogP contribution in [0.1, 0.15) is 40.1 Å². The molecule has 0 amide bonds. The van der Waals surface area contributed by atoms with Crippen LogP contribution in [0, 0.1) is 0 Å². The molecule has 0 radical (unpaired) electrons. The van der Waals surface area contributed by atoms with Crippen LogP contribution in [0.5, 0.6) is 0 Å². The van der Waals surface area contributed by atoms with Crippen molar-refractivity contribution in [2.75, 3.05) is 21.7 Å². The molecule has 3 N–H and O–H groups in total. The summed E-state index contributed by atoms with van der Waals surface area (Å²) in [4.78, 5) is 22.9. The summed E-state index contributed by atoms with van der Waals surface area (Å²) in [7, 11) is -7.69. The fourth-order valence-electron chi connectivity index (χ4n) is 7.46. The molecular weight excluding hydrogens is 917 g/mol. The van der Waals surface area contributed by atoms with Crippen LogP contribution in [0.3, 0.4) is 0 Å². The minimum Gasteiger partial charge on any atom is -0.409 e. The third-order valence-corrected chi connectivity index (χ3v) is 14.5. The number of nitrogens with two attached hydrogens (primary N) is 1. The Morgan fingerprint density at radius 2 is 1.05 bits per heavy atom. The van der Waals surface area contributed by atoms with E-state index in [4.69, 9.17) is 10.9 Å². The van der Waals surface area contributed by atoms with Crippen LogP contribution in [0.25, 0.3) is 22.3 Å². The van der Waals surface area contributed by atoms with E-state index >= 15 is 0 Å². The highest BCUT2D eigenvalue weighted by atomic mass is 32.2. The molecule has 0 bridgehead atoms. The number of pyridine rings is 2. The minimum absolute atomic E-state index is 0.0301. The molecule has 3 aliphatic heterocycles. The molecule has 0 saturated heterocycles. The fraction of sp³-hybridized carbons (Fsp3) is 0.159. The quantitative estimate of drug-likeness (QED) is 0.0380. The highest BCUT2D eigenvalue weighted by Gasteiger charge is 2.35. The Labute approximate surface area is 372 Å². The molecule has 0 unspecified atom stereocenters. The van der Waals surface area contributed by atoms with Crippen LogP contribution in [-0.4, -0.2) is 62.6 Å². The number of rotatable bonds is 8. The van der Waals surface area contributed by atoms with Gasteiger partial charge in [0, 0.05) is 47.7 Å². The van der Waals surface area contributed by atoms with E-state index in [2.05, 4.69) is 25.1 Å². The summed E-state index contributed by atoms with van der Waals surface area (Å²) >= 11 is 0. The number of hydrogen-bond acceptors (Lipinski definition) is 11. The number of amidine groups is 1. The van der Waals surface area contributed by atoms with Gasteiger partial charge >= 0.3 is 18.3 Å². The van der Waals surface area contributed by atoms with Crippen molar-refractivity contribution in [1.82, 2.24) is 9.97 Å². The van der Waals surface area contributed by atoms with Crippen molar-refractivity contribution in [3.63, 3.8) is 0 Å². The van der Waals surface area contributed by atoms with Crippen LogP contribution in [0.2, 0.25) is 0 Å². The van der Waals surface area contributed by atoms with Crippen molar-refractivity contribution in [3.8, 4) is 22.3 Å². The summed E-state index contributed by atoms with van der Waals surface area (Å²) in [6, 6.07) is 26.3. The van der Waals surface area contributed by atoms with E-state index in [1.165, 1.54) is 57.1 Å². The smallest absolute Gasteiger partial charge is 0.409 e.